The fourth-order valence-corrected chi connectivity index (χ4v) is 4.23. The minimum absolute atomic E-state index is 0.0470. The van der Waals surface area contributed by atoms with Crippen molar-refractivity contribution < 1.29 is 18.7 Å². The van der Waals surface area contributed by atoms with E-state index in [4.69, 9.17) is 13.9 Å². The molecule has 1 aliphatic carbocycles. The zero-order valence-corrected chi connectivity index (χ0v) is 21.0. The summed E-state index contributed by atoms with van der Waals surface area (Å²) in [4.78, 5) is 17.0. The predicted molar refractivity (Wildman–Crippen MR) is 134 cm³/mol. The van der Waals surface area contributed by atoms with Crippen LogP contribution in [0.3, 0.4) is 0 Å². The van der Waals surface area contributed by atoms with E-state index < -0.39 is 5.91 Å². The van der Waals surface area contributed by atoms with Gasteiger partial charge in [0.1, 0.15) is 18.2 Å². The topological polar surface area (TPSA) is 99.4 Å². The van der Waals surface area contributed by atoms with Crippen molar-refractivity contribution in [2.45, 2.75) is 65.4 Å². The number of carbonyl (C=O) groups is 1. The van der Waals surface area contributed by atoms with Crippen LogP contribution in [-0.2, 0) is 11.2 Å². The third-order valence-corrected chi connectivity index (χ3v) is 6.01. The molecule has 1 aliphatic rings. The number of carbonyl (C=O) groups excluding carboxylic acids is 1. The summed E-state index contributed by atoms with van der Waals surface area (Å²) in [5.74, 6) is 1.74. The highest BCUT2D eigenvalue weighted by atomic mass is 16.5. The van der Waals surface area contributed by atoms with Gasteiger partial charge >= 0.3 is 11.8 Å². The molecule has 1 amide bonds. The van der Waals surface area contributed by atoms with Crippen LogP contribution in [0.15, 0.2) is 40.9 Å². The molecule has 0 saturated heterocycles. The maximum absolute atomic E-state index is 12.7. The number of aryl methyl sites for hydroxylation is 1. The Kier molecular flexibility index (Phi) is 7.80. The Bertz CT molecular complexity index is 1150. The summed E-state index contributed by atoms with van der Waals surface area (Å²) >= 11 is 0. The van der Waals surface area contributed by atoms with E-state index in [1.54, 1.807) is 6.20 Å². The van der Waals surface area contributed by atoms with Crippen molar-refractivity contribution in [3.63, 3.8) is 0 Å². The van der Waals surface area contributed by atoms with Crippen molar-refractivity contribution in [1.82, 2.24) is 15.2 Å². The Labute approximate surface area is 206 Å². The van der Waals surface area contributed by atoms with Crippen LogP contribution in [0, 0.1) is 12.8 Å². The monoisotopic (exact) mass is 478 g/mol. The van der Waals surface area contributed by atoms with Crippen molar-refractivity contribution in [2.24, 2.45) is 5.92 Å². The number of anilines is 1. The van der Waals surface area contributed by atoms with Crippen LogP contribution >= 0.6 is 0 Å². The standard InChI is InChI=1S/C27H34N4O4/c1-18-9-10-21(33-13-14-34-27(2,3)4)17-22(18)20-11-12-28-23(16-20)29-25(32)26-31-30-24(35-26)15-19-7-5-6-8-19/h9-12,16-17,19H,5-8,13-15H2,1-4H3,(H,28,29,32). The second-order valence-electron chi connectivity index (χ2n) is 10.0. The van der Waals surface area contributed by atoms with Gasteiger partial charge in [-0.1, -0.05) is 18.9 Å². The van der Waals surface area contributed by atoms with E-state index in [0.29, 0.717) is 30.8 Å². The average molecular weight is 479 g/mol. The van der Waals surface area contributed by atoms with Gasteiger partial charge in [0.25, 0.3) is 0 Å². The summed E-state index contributed by atoms with van der Waals surface area (Å²) < 4.78 is 17.2. The molecule has 0 spiro atoms. The highest BCUT2D eigenvalue weighted by Crippen LogP contribution is 2.29. The average Bonchev–Trinajstić information content (AvgIpc) is 3.50. The van der Waals surface area contributed by atoms with Crippen molar-refractivity contribution in [3.8, 4) is 16.9 Å². The van der Waals surface area contributed by atoms with Gasteiger partial charge in [-0.3, -0.25) is 4.79 Å². The Morgan fingerprint density at radius 2 is 1.91 bits per heavy atom. The molecule has 1 saturated carbocycles. The van der Waals surface area contributed by atoms with Gasteiger partial charge in [0.05, 0.1) is 12.2 Å². The number of aromatic nitrogens is 3. The van der Waals surface area contributed by atoms with E-state index in [1.165, 1.54) is 25.7 Å². The lowest BCUT2D eigenvalue weighted by molar-refractivity contribution is -0.0163. The molecule has 2 aromatic heterocycles. The maximum atomic E-state index is 12.7. The number of hydrogen-bond acceptors (Lipinski definition) is 7. The number of nitrogens with one attached hydrogen (secondary N) is 1. The van der Waals surface area contributed by atoms with E-state index in [1.807, 2.05) is 58.0 Å². The summed E-state index contributed by atoms with van der Waals surface area (Å²) in [6.07, 6.45) is 7.24. The van der Waals surface area contributed by atoms with E-state index in [-0.39, 0.29) is 11.5 Å². The van der Waals surface area contributed by atoms with Gasteiger partial charge in [0.2, 0.25) is 5.89 Å². The molecule has 2 heterocycles. The number of hydrogen-bond donors (Lipinski definition) is 1. The van der Waals surface area contributed by atoms with Gasteiger partial charge < -0.3 is 19.2 Å². The predicted octanol–water partition coefficient (Wildman–Crippen LogP) is 5.62. The first-order valence-corrected chi connectivity index (χ1v) is 12.2. The third kappa shape index (κ3) is 7.11. The first-order valence-electron chi connectivity index (χ1n) is 12.2. The molecule has 0 atom stereocenters. The normalized spacial score (nSPS) is 14.3. The van der Waals surface area contributed by atoms with Crippen LogP contribution in [0.4, 0.5) is 5.82 Å². The number of rotatable bonds is 9. The van der Waals surface area contributed by atoms with E-state index in [0.717, 1.165) is 28.9 Å². The molecule has 8 nitrogen and oxygen atoms in total. The zero-order valence-electron chi connectivity index (χ0n) is 21.0. The highest BCUT2D eigenvalue weighted by Gasteiger charge is 2.21. The van der Waals surface area contributed by atoms with E-state index in [2.05, 4.69) is 20.5 Å². The third-order valence-electron chi connectivity index (χ3n) is 6.01. The van der Waals surface area contributed by atoms with Gasteiger partial charge in [-0.25, -0.2) is 4.98 Å². The van der Waals surface area contributed by atoms with Gasteiger partial charge in [0, 0.05) is 12.6 Å². The summed E-state index contributed by atoms with van der Waals surface area (Å²) in [5, 5.41) is 10.8. The fourth-order valence-electron chi connectivity index (χ4n) is 4.23. The lowest BCUT2D eigenvalue weighted by Gasteiger charge is -2.19. The Balaban J connectivity index is 1.40. The lowest BCUT2D eigenvalue weighted by Crippen LogP contribution is -2.22. The second kappa shape index (κ2) is 11.0. The summed E-state index contributed by atoms with van der Waals surface area (Å²) in [7, 11) is 0. The van der Waals surface area contributed by atoms with E-state index >= 15 is 0 Å². The number of pyridine rings is 1. The molecule has 0 bridgehead atoms. The Hall–Kier alpha value is -3.26. The van der Waals surface area contributed by atoms with Crippen LogP contribution in [-0.4, -0.2) is 39.9 Å². The van der Waals surface area contributed by atoms with Gasteiger partial charge in [-0.2, -0.15) is 0 Å². The Morgan fingerprint density at radius 3 is 2.69 bits per heavy atom. The number of ether oxygens (including phenoxy) is 2. The second-order valence-corrected chi connectivity index (χ2v) is 10.0. The van der Waals surface area contributed by atoms with Crippen LogP contribution in [0.5, 0.6) is 5.75 Å². The first-order chi connectivity index (χ1) is 16.8. The number of benzene rings is 1. The quantitative estimate of drug-likeness (QED) is 0.399. The van der Waals surface area contributed by atoms with Crippen LogP contribution < -0.4 is 10.1 Å². The number of nitrogens with zero attached hydrogens (tertiary/aromatic N) is 3. The lowest BCUT2D eigenvalue weighted by atomic mass is 10.0. The summed E-state index contributed by atoms with van der Waals surface area (Å²) in [5.41, 5.74) is 2.80. The minimum Gasteiger partial charge on any atom is -0.491 e. The van der Waals surface area contributed by atoms with Crippen LogP contribution in [0.25, 0.3) is 11.1 Å². The van der Waals surface area contributed by atoms with Gasteiger partial charge in [-0.05, 0) is 87.4 Å². The molecule has 1 N–H and O–H groups in total. The zero-order chi connectivity index (χ0) is 24.8. The molecule has 4 rings (SSSR count). The smallest absolute Gasteiger partial charge is 0.314 e. The van der Waals surface area contributed by atoms with Crippen molar-refractivity contribution in [3.05, 3.63) is 53.9 Å². The first kappa shape index (κ1) is 24.9. The molecule has 0 radical (unpaired) electrons. The molecular weight excluding hydrogens is 444 g/mol. The Morgan fingerprint density at radius 1 is 1.11 bits per heavy atom. The molecule has 0 unspecified atom stereocenters. The van der Waals surface area contributed by atoms with Crippen molar-refractivity contribution in [1.29, 1.82) is 0 Å². The number of amides is 1. The van der Waals surface area contributed by atoms with Gasteiger partial charge in [-0.15, -0.1) is 10.2 Å². The van der Waals surface area contributed by atoms with Crippen molar-refractivity contribution in [2.75, 3.05) is 18.5 Å². The van der Waals surface area contributed by atoms with E-state index in [9.17, 15) is 4.79 Å². The minimum atomic E-state index is -0.465. The summed E-state index contributed by atoms with van der Waals surface area (Å²) in [6.45, 7) is 9.06. The molecule has 35 heavy (non-hydrogen) atoms. The molecule has 1 aromatic carbocycles. The molecule has 0 aliphatic heterocycles. The van der Waals surface area contributed by atoms with Crippen molar-refractivity contribution >= 4 is 11.7 Å². The highest BCUT2D eigenvalue weighted by molar-refractivity contribution is 6.00. The maximum Gasteiger partial charge on any atom is 0.314 e. The summed E-state index contributed by atoms with van der Waals surface area (Å²) in [6, 6.07) is 9.66. The van der Waals surface area contributed by atoms with Crippen LogP contribution in [0.1, 0.15) is 68.6 Å². The largest absolute Gasteiger partial charge is 0.491 e. The molecule has 1 fully saturated rings. The molecule has 3 aromatic rings. The van der Waals surface area contributed by atoms with Crippen LogP contribution in [0.2, 0.25) is 0 Å². The van der Waals surface area contributed by atoms with Gasteiger partial charge in [0.15, 0.2) is 0 Å². The molecule has 8 heteroatoms. The molecule has 186 valence electrons. The SMILES string of the molecule is Cc1ccc(OCCOC(C)(C)C)cc1-c1ccnc(NC(=O)c2nnc(CC3CCCC3)o2)c1. The molecular formula is C27H34N4O4. The fraction of sp³-hybridized carbons (Fsp3) is 0.481.